The van der Waals surface area contributed by atoms with E-state index in [0.717, 1.165) is 4.90 Å². The summed E-state index contributed by atoms with van der Waals surface area (Å²) in [5.41, 5.74) is 2.11. The van der Waals surface area contributed by atoms with E-state index in [4.69, 9.17) is 5.84 Å². The predicted octanol–water partition coefficient (Wildman–Crippen LogP) is 0.281. The van der Waals surface area contributed by atoms with Gasteiger partial charge in [-0.05, 0) is 0 Å². The summed E-state index contributed by atoms with van der Waals surface area (Å²) < 4.78 is 1.73. The molecule has 3 N–H and O–H groups in total. The highest BCUT2D eigenvalue weighted by atomic mass is 32.2. The molecule has 0 aliphatic carbocycles. The van der Waals surface area contributed by atoms with Gasteiger partial charge in [-0.3, -0.25) is 14.9 Å². The molecule has 0 aliphatic rings. The Kier molecular flexibility index (Phi) is 3.97. The number of thioether (sulfide) groups is 1. The van der Waals surface area contributed by atoms with Gasteiger partial charge in [0, 0.05) is 29.8 Å². The number of nitrogens with two attached hydrogens (primary N) is 1. The highest BCUT2D eigenvalue weighted by molar-refractivity contribution is 8.00. The summed E-state index contributed by atoms with van der Waals surface area (Å²) in [5, 5.41) is 4.24. The van der Waals surface area contributed by atoms with Gasteiger partial charge in [-0.2, -0.15) is 5.10 Å². The fourth-order valence-corrected chi connectivity index (χ4v) is 2.07. The lowest BCUT2D eigenvalue weighted by molar-refractivity contribution is -0.121. The average molecular weight is 214 g/mol. The molecule has 0 aliphatic heterocycles. The Morgan fingerprint density at radius 1 is 1.86 bits per heavy atom. The molecule has 0 spiro atoms. The molecule has 0 radical (unpaired) electrons. The fourth-order valence-electron chi connectivity index (χ4n) is 1.05. The van der Waals surface area contributed by atoms with Crippen LogP contribution in [0.4, 0.5) is 0 Å². The molecule has 0 saturated carbocycles. The van der Waals surface area contributed by atoms with Crippen LogP contribution in [0.1, 0.15) is 13.3 Å². The van der Waals surface area contributed by atoms with Gasteiger partial charge in [-0.25, -0.2) is 5.84 Å². The second kappa shape index (κ2) is 5.02. The van der Waals surface area contributed by atoms with Crippen molar-refractivity contribution in [1.29, 1.82) is 0 Å². The molecular formula is C8H14N4OS. The summed E-state index contributed by atoms with van der Waals surface area (Å²) in [6.45, 7) is 1.98. The molecule has 14 heavy (non-hydrogen) atoms. The van der Waals surface area contributed by atoms with Crippen LogP contribution in [0.25, 0.3) is 0 Å². The summed E-state index contributed by atoms with van der Waals surface area (Å²) in [4.78, 5) is 12.0. The zero-order valence-corrected chi connectivity index (χ0v) is 9.04. The Morgan fingerprint density at radius 2 is 2.57 bits per heavy atom. The molecule has 0 aromatic carbocycles. The van der Waals surface area contributed by atoms with E-state index in [9.17, 15) is 4.79 Å². The highest BCUT2D eigenvalue weighted by Gasteiger charge is 2.10. The molecule has 1 rings (SSSR count). The number of nitrogens with zero attached hydrogens (tertiary/aromatic N) is 2. The van der Waals surface area contributed by atoms with Crippen LogP contribution in [0.5, 0.6) is 0 Å². The SMILES string of the molecule is CC(CC(=O)NN)Sc1cnn(C)c1. The first kappa shape index (κ1) is 11.1. The average Bonchev–Trinajstić information content (AvgIpc) is 2.50. The number of hydrogen-bond donors (Lipinski definition) is 2. The minimum atomic E-state index is -0.145. The number of hydrazine groups is 1. The van der Waals surface area contributed by atoms with Crippen molar-refractivity contribution < 1.29 is 4.79 Å². The van der Waals surface area contributed by atoms with Crippen molar-refractivity contribution in [2.24, 2.45) is 12.9 Å². The largest absolute Gasteiger partial charge is 0.294 e. The van der Waals surface area contributed by atoms with Crippen LogP contribution in [0.3, 0.4) is 0 Å². The smallest absolute Gasteiger partial charge is 0.234 e. The van der Waals surface area contributed by atoms with Crippen LogP contribution in [0, 0.1) is 0 Å². The fraction of sp³-hybridized carbons (Fsp3) is 0.500. The quantitative estimate of drug-likeness (QED) is 0.327. The van der Waals surface area contributed by atoms with Gasteiger partial charge in [0.2, 0.25) is 5.91 Å². The first-order valence-corrected chi connectivity index (χ1v) is 5.14. The second-order valence-corrected chi connectivity index (χ2v) is 4.56. The third-order valence-electron chi connectivity index (χ3n) is 1.65. The Bertz CT molecular complexity index is 312. The van der Waals surface area contributed by atoms with E-state index < -0.39 is 0 Å². The number of nitrogens with one attached hydrogen (secondary N) is 1. The molecule has 1 amide bonds. The van der Waals surface area contributed by atoms with Gasteiger partial charge in [0.25, 0.3) is 0 Å². The number of aryl methyl sites for hydroxylation is 1. The minimum absolute atomic E-state index is 0.145. The first-order chi connectivity index (χ1) is 6.61. The van der Waals surface area contributed by atoms with Crippen molar-refractivity contribution in [3.63, 3.8) is 0 Å². The lowest BCUT2D eigenvalue weighted by Crippen LogP contribution is -2.31. The van der Waals surface area contributed by atoms with E-state index in [1.165, 1.54) is 0 Å². The molecule has 1 heterocycles. The van der Waals surface area contributed by atoms with E-state index in [1.807, 2.05) is 20.2 Å². The molecule has 5 nitrogen and oxygen atoms in total. The van der Waals surface area contributed by atoms with E-state index in [-0.39, 0.29) is 11.2 Å². The first-order valence-electron chi connectivity index (χ1n) is 4.26. The van der Waals surface area contributed by atoms with Crippen molar-refractivity contribution >= 4 is 17.7 Å². The van der Waals surface area contributed by atoms with Crippen molar-refractivity contribution in [1.82, 2.24) is 15.2 Å². The Morgan fingerprint density at radius 3 is 3.07 bits per heavy atom. The maximum atomic E-state index is 10.9. The van der Waals surface area contributed by atoms with Gasteiger partial charge in [-0.1, -0.05) is 6.92 Å². The predicted molar refractivity (Wildman–Crippen MR) is 55.5 cm³/mol. The molecule has 1 unspecified atom stereocenters. The molecule has 1 atom stereocenters. The number of amides is 1. The molecule has 1 aromatic rings. The molecule has 6 heteroatoms. The van der Waals surface area contributed by atoms with Crippen LogP contribution in [-0.2, 0) is 11.8 Å². The Balaban J connectivity index is 2.41. The zero-order chi connectivity index (χ0) is 10.6. The number of rotatable bonds is 4. The van der Waals surface area contributed by atoms with Crippen LogP contribution >= 0.6 is 11.8 Å². The summed E-state index contributed by atoms with van der Waals surface area (Å²) in [5.74, 6) is 4.85. The number of hydrogen-bond acceptors (Lipinski definition) is 4. The van der Waals surface area contributed by atoms with Crippen LogP contribution in [0.2, 0.25) is 0 Å². The van der Waals surface area contributed by atoms with Gasteiger partial charge in [0.1, 0.15) is 0 Å². The van der Waals surface area contributed by atoms with E-state index >= 15 is 0 Å². The summed E-state index contributed by atoms with van der Waals surface area (Å²) in [7, 11) is 1.86. The van der Waals surface area contributed by atoms with E-state index in [2.05, 4.69) is 10.5 Å². The van der Waals surface area contributed by atoms with Gasteiger partial charge >= 0.3 is 0 Å². The van der Waals surface area contributed by atoms with Crippen molar-refractivity contribution in [3.05, 3.63) is 12.4 Å². The van der Waals surface area contributed by atoms with Crippen molar-refractivity contribution in [2.45, 2.75) is 23.5 Å². The van der Waals surface area contributed by atoms with E-state index in [0.29, 0.717) is 6.42 Å². The summed E-state index contributed by atoms with van der Waals surface area (Å²) in [6.07, 6.45) is 4.11. The standard InChI is InChI=1S/C8H14N4OS/c1-6(3-8(13)11-9)14-7-4-10-12(2)5-7/h4-6H,3,9H2,1-2H3,(H,11,13). The topological polar surface area (TPSA) is 72.9 Å². The second-order valence-electron chi connectivity index (χ2n) is 3.05. The van der Waals surface area contributed by atoms with Gasteiger partial charge in [-0.15, -0.1) is 11.8 Å². The summed E-state index contributed by atoms with van der Waals surface area (Å²) in [6, 6.07) is 0. The third-order valence-corrected chi connectivity index (χ3v) is 2.70. The van der Waals surface area contributed by atoms with E-state index in [1.54, 1.807) is 22.6 Å². The third kappa shape index (κ3) is 3.39. The maximum absolute atomic E-state index is 10.9. The minimum Gasteiger partial charge on any atom is -0.294 e. The van der Waals surface area contributed by atoms with Crippen molar-refractivity contribution in [2.75, 3.05) is 0 Å². The number of aromatic nitrogens is 2. The van der Waals surface area contributed by atoms with Gasteiger partial charge < -0.3 is 0 Å². The van der Waals surface area contributed by atoms with Gasteiger partial charge in [0.05, 0.1) is 6.20 Å². The van der Waals surface area contributed by atoms with Crippen LogP contribution < -0.4 is 11.3 Å². The lowest BCUT2D eigenvalue weighted by atomic mass is 10.3. The lowest BCUT2D eigenvalue weighted by Gasteiger charge is -2.07. The maximum Gasteiger partial charge on any atom is 0.234 e. The van der Waals surface area contributed by atoms with Crippen LogP contribution in [-0.4, -0.2) is 20.9 Å². The summed E-state index contributed by atoms with van der Waals surface area (Å²) >= 11 is 1.61. The molecule has 78 valence electrons. The van der Waals surface area contributed by atoms with Crippen molar-refractivity contribution in [3.8, 4) is 0 Å². The number of carbonyl (C=O) groups excluding carboxylic acids is 1. The molecule has 0 saturated heterocycles. The molecule has 0 bridgehead atoms. The Hall–Kier alpha value is -1.01. The number of carbonyl (C=O) groups is 1. The molecule has 1 aromatic heterocycles. The molecular weight excluding hydrogens is 200 g/mol. The Labute approximate surface area is 87.0 Å². The van der Waals surface area contributed by atoms with Gasteiger partial charge in [0.15, 0.2) is 0 Å². The van der Waals surface area contributed by atoms with Crippen LogP contribution in [0.15, 0.2) is 17.3 Å². The highest BCUT2D eigenvalue weighted by Crippen LogP contribution is 2.23. The monoisotopic (exact) mass is 214 g/mol. The normalized spacial score (nSPS) is 12.5. The zero-order valence-electron chi connectivity index (χ0n) is 8.23. The molecule has 0 fully saturated rings.